The first-order valence-corrected chi connectivity index (χ1v) is 9.94. The van der Waals surface area contributed by atoms with Crippen LogP contribution in [0.3, 0.4) is 0 Å². The Balaban J connectivity index is 1.72. The maximum Gasteiger partial charge on any atom is 0.257 e. The Kier molecular flexibility index (Phi) is 5.41. The summed E-state index contributed by atoms with van der Waals surface area (Å²) < 4.78 is 11.3. The van der Waals surface area contributed by atoms with Crippen molar-refractivity contribution in [3.05, 3.63) is 75.3 Å². The standard InChI is InChI=1S/C23H18Cl2N2O3/c1-12-9-17-20(10-13(12)2)30-23(27-17)14-7-8-19(29-3)18(11-14)26-22(28)15-5-4-6-16(24)21(15)25/h4-11H,1-3H3,(H,26,28). The highest BCUT2D eigenvalue weighted by atomic mass is 35.5. The SMILES string of the molecule is COc1ccc(-c2nc3cc(C)c(C)cc3o2)cc1NC(=O)c1cccc(Cl)c1Cl. The number of amides is 1. The summed E-state index contributed by atoms with van der Waals surface area (Å²) in [7, 11) is 1.53. The smallest absolute Gasteiger partial charge is 0.257 e. The van der Waals surface area contributed by atoms with Crippen molar-refractivity contribution in [1.29, 1.82) is 0 Å². The third-order valence-electron chi connectivity index (χ3n) is 4.89. The zero-order valence-corrected chi connectivity index (χ0v) is 18.1. The lowest BCUT2D eigenvalue weighted by Gasteiger charge is -2.12. The summed E-state index contributed by atoms with van der Waals surface area (Å²) in [6.45, 7) is 4.06. The molecule has 1 amide bonds. The number of anilines is 1. The highest BCUT2D eigenvalue weighted by Crippen LogP contribution is 2.33. The molecule has 0 fully saturated rings. The molecule has 1 N–H and O–H groups in total. The van der Waals surface area contributed by atoms with E-state index in [0.29, 0.717) is 33.5 Å². The molecule has 0 atom stereocenters. The van der Waals surface area contributed by atoms with Crippen molar-refractivity contribution in [1.82, 2.24) is 4.98 Å². The molecule has 4 aromatic rings. The molecule has 152 valence electrons. The number of carbonyl (C=O) groups is 1. The Morgan fingerprint density at radius 2 is 1.83 bits per heavy atom. The van der Waals surface area contributed by atoms with Gasteiger partial charge in [-0.1, -0.05) is 29.3 Å². The zero-order valence-electron chi connectivity index (χ0n) is 16.5. The van der Waals surface area contributed by atoms with Gasteiger partial charge in [-0.25, -0.2) is 4.98 Å². The van der Waals surface area contributed by atoms with Crippen LogP contribution in [-0.2, 0) is 0 Å². The summed E-state index contributed by atoms with van der Waals surface area (Å²) in [6, 6.07) is 14.2. The van der Waals surface area contributed by atoms with Crippen molar-refractivity contribution in [2.75, 3.05) is 12.4 Å². The second kappa shape index (κ2) is 8.01. The molecule has 5 nitrogen and oxygen atoms in total. The molecule has 1 aromatic heterocycles. The van der Waals surface area contributed by atoms with Gasteiger partial charge in [0, 0.05) is 5.56 Å². The minimum atomic E-state index is -0.401. The van der Waals surface area contributed by atoms with Crippen molar-refractivity contribution in [2.45, 2.75) is 13.8 Å². The number of ether oxygens (including phenoxy) is 1. The predicted molar refractivity (Wildman–Crippen MR) is 120 cm³/mol. The second-order valence-corrected chi connectivity index (χ2v) is 7.68. The number of nitrogens with one attached hydrogen (secondary N) is 1. The van der Waals surface area contributed by atoms with Gasteiger partial charge in [-0.2, -0.15) is 0 Å². The number of halogens is 2. The molecule has 0 saturated carbocycles. The average Bonchev–Trinajstić information content (AvgIpc) is 3.13. The van der Waals surface area contributed by atoms with Crippen LogP contribution in [0.25, 0.3) is 22.6 Å². The Bertz CT molecular complexity index is 1240. The summed E-state index contributed by atoms with van der Waals surface area (Å²) in [4.78, 5) is 17.4. The van der Waals surface area contributed by atoms with Crippen molar-refractivity contribution < 1.29 is 13.9 Å². The lowest BCUT2D eigenvalue weighted by molar-refractivity contribution is 0.102. The Labute approximate surface area is 183 Å². The first-order valence-electron chi connectivity index (χ1n) is 9.19. The molecule has 0 aliphatic heterocycles. The molecular weight excluding hydrogens is 423 g/mol. The van der Waals surface area contributed by atoms with Gasteiger partial charge in [0.2, 0.25) is 5.89 Å². The summed E-state index contributed by atoms with van der Waals surface area (Å²) in [6.07, 6.45) is 0. The highest BCUT2D eigenvalue weighted by Gasteiger charge is 2.17. The molecule has 0 bridgehead atoms. The number of nitrogens with zero attached hydrogens (tertiary/aromatic N) is 1. The monoisotopic (exact) mass is 440 g/mol. The third kappa shape index (κ3) is 3.74. The molecule has 3 aromatic carbocycles. The first kappa shape index (κ1) is 20.3. The molecule has 0 aliphatic rings. The van der Waals surface area contributed by atoms with Crippen LogP contribution >= 0.6 is 23.2 Å². The van der Waals surface area contributed by atoms with Crippen LogP contribution < -0.4 is 10.1 Å². The van der Waals surface area contributed by atoms with Crippen LogP contribution in [0.2, 0.25) is 10.0 Å². The fourth-order valence-electron chi connectivity index (χ4n) is 3.11. The lowest BCUT2D eigenvalue weighted by atomic mass is 10.1. The van der Waals surface area contributed by atoms with E-state index in [1.165, 1.54) is 7.11 Å². The summed E-state index contributed by atoms with van der Waals surface area (Å²) in [5, 5.41) is 3.33. The molecule has 7 heteroatoms. The molecular formula is C23H18Cl2N2O3. The molecule has 0 radical (unpaired) electrons. The van der Waals surface area contributed by atoms with Gasteiger partial charge in [0.05, 0.1) is 28.4 Å². The van der Waals surface area contributed by atoms with Crippen LogP contribution in [0.5, 0.6) is 5.75 Å². The van der Waals surface area contributed by atoms with E-state index >= 15 is 0 Å². The van der Waals surface area contributed by atoms with E-state index in [1.807, 2.05) is 32.0 Å². The second-order valence-electron chi connectivity index (χ2n) is 6.89. The number of carbonyl (C=O) groups excluding carboxylic acids is 1. The van der Waals surface area contributed by atoms with E-state index in [9.17, 15) is 4.79 Å². The topological polar surface area (TPSA) is 64.4 Å². The quantitative estimate of drug-likeness (QED) is 0.384. The van der Waals surface area contributed by atoms with Gasteiger partial charge < -0.3 is 14.5 Å². The van der Waals surface area contributed by atoms with E-state index in [4.69, 9.17) is 32.4 Å². The molecule has 1 heterocycles. The molecule has 0 spiro atoms. The molecule has 0 unspecified atom stereocenters. The van der Waals surface area contributed by atoms with Gasteiger partial charge in [-0.3, -0.25) is 4.79 Å². The molecule has 0 saturated heterocycles. The molecule has 0 aliphatic carbocycles. The van der Waals surface area contributed by atoms with Gasteiger partial charge >= 0.3 is 0 Å². The highest BCUT2D eigenvalue weighted by molar-refractivity contribution is 6.44. The van der Waals surface area contributed by atoms with Gasteiger partial charge in [0.1, 0.15) is 11.3 Å². The largest absolute Gasteiger partial charge is 0.495 e. The number of rotatable bonds is 4. The minimum absolute atomic E-state index is 0.191. The number of hydrogen-bond donors (Lipinski definition) is 1. The normalized spacial score (nSPS) is 11.0. The Morgan fingerprint density at radius 1 is 1.07 bits per heavy atom. The molecule has 4 rings (SSSR count). The number of oxazole rings is 1. The summed E-state index contributed by atoms with van der Waals surface area (Å²) in [5.74, 6) is 0.545. The Hall–Kier alpha value is -3.02. The maximum absolute atomic E-state index is 12.8. The van der Waals surface area contributed by atoms with Gasteiger partial charge in [0.25, 0.3) is 5.91 Å². The van der Waals surface area contributed by atoms with Crippen LogP contribution in [-0.4, -0.2) is 18.0 Å². The number of fused-ring (bicyclic) bond motifs is 1. The fourth-order valence-corrected chi connectivity index (χ4v) is 3.50. The average molecular weight is 441 g/mol. The van der Waals surface area contributed by atoms with E-state index < -0.39 is 5.91 Å². The van der Waals surface area contributed by atoms with Crippen molar-refractivity contribution in [3.8, 4) is 17.2 Å². The predicted octanol–water partition coefficient (Wildman–Crippen LogP) is 6.68. The van der Waals surface area contributed by atoms with Crippen LogP contribution in [0, 0.1) is 13.8 Å². The van der Waals surface area contributed by atoms with Gasteiger partial charge in [-0.15, -0.1) is 0 Å². The summed E-state index contributed by atoms with van der Waals surface area (Å²) >= 11 is 12.2. The van der Waals surface area contributed by atoms with Crippen LogP contribution in [0.4, 0.5) is 5.69 Å². The van der Waals surface area contributed by atoms with Crippen molar-refractivity contribution in [2.24, 2.45) is 0 Å². The number of methoxy groups -OCH3 is 1. The Morgan fingerprint density at radius 3 is 2.60 bits per heavy atom. The first-order chi connectivity index (χ1) is 14.4. The van der Waals surface area contributed by atoms with Crippen molar-refractivity contribution >= 4 is 45.9 Å². The third-order valence-corrected chi connectivity index (χ3v) is 5.71. The van der Waals surface area contributed by atoms with E-state index in [1.54, 1.807) is 30.3 Å². The zero-order chi connectivity index (χ0) is 21.4. The number of aryl methyl sites for hydroxylation is 2. The van der Waals surface area contributed by atoms with Crippen LogP contribution in [0.1, 0.15) is 21.5 Å². The van der Waals surface area contributed by atoms with E-state index in [0.717, 1.165) is 16.6 Å². The summed E-state index contributed by atoms with van der Waals surface area (Å²) in [5.41, 5.74) is 5.19. The molecule has 30 heavy (non-hydrogen) atoms. The van der Waals surface area contributed by atoms with Gasteiger partial charge in [0.15, 0.2) is 5.58 Å². The lowest BCUT2D eigenvalue weighted by Crippen LogP contribution is -2.13. The maximum atomic E-state index is 12.8. The minimum Gasteiger partial charge on any atom is -0.495 e. The van der Waals surface area contributed by atoms with Crippen LogP contribution in [0.15, 0.2) is 52.9 Å². The number of benzene rings is 3. The van der Waals surface area contributed by atoms with E-state index in [-0.39, 0.29) is 10.6 Å². The van der Waals surface area contributed by atoms with E-state index in [2.05, 4.69) is 10.3 Å². The van der Waals surface area contributed by atoms with Crippen molar-refractivity contribution in [3.63, 3.8) is 0 Å². The fraction of sp³-hybridized carbons (Fsp3) is 0.130. The van der Waals surface area contributed by atoms with Gasteiger partial charge in [-0.05, 0) is 67.4 Å². The number of hydrogen-bond acceptors (Lipinski definition) is 4. The number of aromatic nitrogens is 1.